The van der Waals surface area contributed by atoms with Crippen molar-refractivity contribution < 1.29 is 9.47 Å². The van der Waals surface area contributed by atoms with Crippen molar-refractivity contribution in [2.45, 2.75) is 70.9 Å². The molecule has 0 aromatic rings. The third-order valence-corrected chi connectivity index (χ3v) is 5.86. The van der Waals surface area contributed by atoms with Gasteiger partial charge in [-0.2, -0.15) is 0 Å². The van der Waals surface area contributed by atoms with Crippen LogP contribution in [0, 0.1) is 11.3 Å². The van der Waals surface area contributed by atoms with Crippen molar-refractivity contribution >= 4 is 29.9 Å². The summed E-state index contributed by atoms with van der Waals surface area (Å²) in [5, 5.41) is 7.06. The number of aliphatic imine (C=N–C) groups is 1. The van der Waals surface area contributed by atoms with Crippen LogP contribution in [0.15, 0.2) is 4.99 Å². The first-order valence-corrected chi connectivity index (χ1v) is 10.0. The minimum Gasteiger partial charge on any atom is -0.381 e. The van der Waals surface area contributed by atoms with Crippen LogP contribution < -0.4 is 10.6 Å². The molecule has 146 valence electrons. The van der Waals surface area contributed by atoms with Gasteiger partial charge < -0.3 is 20.1 Å². The Bertz CT molecular complexity index is 425. The highest BCUT2D eigenvalue weighted by atomic mass is 127. The van der Waals surface area contributed by atoms with Gasteiger partial charge in [0.15, 0.2) is 5.96 Å². The van der Waals surface area contributed by atoms with Gasteiger partial charge in [-0.25, -0.2) is 0 Å². The lowest BCUT2D eigenvalue weighted by atomic mass is 9.51. The molecule has 5 nitrogen and oxygen atoms in total. The van der Waals surface area contributed by atoms with Gasteiger partial charge in [0.25, 0.3) is 0 Å². The third kappa shape index (κ3) is 5.45. The molecular formula is C19H36IN3O2. The van der Waals surface area contributed by atoms with Gasteiger partial charge in [0, 0.05) is 44.4 Å². The lowest BCUT2D eigenvalue weighted by Gasteiger charge is -2.61. The van der Waals surface area contributed by atoms with Crippen LogP contribution >= 0.6 is 24.0 Å². The molecule has 2 atom stereocenters. The molecule has 3 saturated carbocycles. The number of nitrogens with one attached hydrogen (secondary N) is 2. The molecule has 2 N–H and O–H groups in total. The standard InChI is InChI=1S/C19H35N3O2.HI/c1-3-20-18(21-11-6-12-23-14-15-7-8-15)22-16-13-17(24-4-2)19(16)9-5-10-19;/h15-17H,3-14H2,1-2H3,(H2,20,21,22);1H. The van der Waals surface area contributed by atoms with Crippen molar-refractivity contribution in [1.82, 2.24) is 10.6 Å². The molecule has 6 heteroatoms. The first-order chi connectivity index (χ1) is 11.8. The minimum absolute atomic E-state index is 0. The minimum atomic E-state index is 0. The number of guanidine groups is 1. The van der Waals surface area contributed by atoms with Crippen LogP contribution in [0.3, 0.4) is 0 Å². The van der Waals surface area contributed by atoms with Crippen LogP contribution in [0.2, 0.25) is 0 Å². The maximum atomic E-state index is 5.94. The monoisotopic (exact) mass is 465 g/mol. The molecule has 0 amide bonds. The Morgan fingerprint density at radius 2 is 2.04 bits per heavy atom. The number of halogens is 1. The largest absolute Gasteiger partial charge is 0.381 e. The summed E-state index contributed by atoms with van der Waals surface area (Å²) in [7, 11) is 0. The molecule has 0 aromatic carbocycles. The summed E-state index contributed by atoms with van der Waals surface area (Å²) in [5.41, 5.74) is 0.375. The second kappa shape index (κ2) is 10.3. The summed E-state index contributed by atoms with van der Waals surface area (Å²) in [6, 6.07) is 0.520. The molecule has 2 unspecified atom stereocenters. The average Bonchev–Trinajstić information content (AvgIpc) is 3.32. The predicted octanol–water partition coefficient (Wildman–Crippen LogP) is 3.32. The van der Waals surface area contributed by atoms with Gasteiger partial charge >= 0.3 is 0 Å². The van der Waals surface area contributed by atoms with Gasteiger partial charge in [0.1, 0.15) is 0 Å². The zero-order chi connectivity index (χ0) is 16.8. The first kappa shape index (κ1) is 21.2. The van der Waals surface area contributed by atoms with Crippen LogP contribution in [-0.4, -0.2) is 51.0 Å². The van der Waals surface area contributed by atoms with E-state index in [2.05, 4.69) is 24.5 Å². The predicted molar refractivity (Wildman–Crippen MR) is 113 cm³/mol. The van der Waals surface area contributed by atoms with E-state index in [1.54, 1.807) is 0 Å². The van der Waals surface area contributed by atoms with E-state index in [0.29, 0.717) is 17.6 Å². The highest BCUT2D eigenvalue weighted by Crippen LogP contribution is 2.57. The SMILES string of the molecule is CCNC(=NCCCOCC1CC1)NC1CC(OCC)C12CCC2.I. The van der Waals surface area contributed by atoms with E-state index >= 15 is 0 Å². The third-order valence-electron chi connectivity index (χ3n) is 5.86. The number of nitrogens with zero attached hydrogens (tertiary/aromatic N) is 1. The van der Waals surface area contributed by atoms with Crippen molar-refractivity contribution in [3.8, 4) is 0 Å². The Balaban J connectivity index is 0.00000225. The molecule has 0 radical (unpaired) electrons. The fourth-order valence-corrected chi connectivity index (χ4v) is 4.02. The van der Waals surface area contributed by atoms with E-state index in [9.17, 15) is 0 Å². The normalized spacial score (nSPS) is 27.2. The molecule has 0 saturated heterocycles. The molecule has 3 rings (SSSR count). The van der Waals surface area contributed by atoms with Gasteiger partial charge in [-0.1, -0.05) is 6.42 Å². The van der Waals surface area contributed by atoms with Crippen molar-refractivity contribution in [3.63, 3.8) is 0 Å². The lowest BCUT2D eigenvalue weighted by Crippen LogP contribution is -2.68. The summed E-state index contributed by atoms with van der Waals surface area (Å²) in [4.78, 5) is 4.74. The Labute approximate surface area is 170 Å². The Hall–Kier alpha value is -0.0800. The van der Waals surface area contributed by atoms with Crippen LogP contribution in [-0.2, 0) is 9.47 Å². The Morgan fingerprint density at radius 3 is 2.64 bits per heavy atom. The Morgan fingerprint density at radius 1 is 1.24 bits per heavy atom. The van der Waals surface area contributed by atoms with Gasteiger partial charge in [-0.15, -0.1) is 24.0 Å². The van der Waals surface area contributed by atoms with E-state index in [1.807, 2.05) is 0 Å². The molecule has 0 aliphatic heterocycles. The van der Waals surface area contributed by atoms with Crippen LogP contribution in [0.4, 0.5) is 0 Å². The average molecular weight is 465 g/mol. The topological polar surface area (TPSA) is 54.9 Å². The van der Waals surface area contributed by atoms with E-state index in [1.165, 1.54) is 32.1 Å². The van der Waals surface area contributed by atoms with E-state index in [4.69, 9.17) is 14.5 Å². The zero-order valence-electron chi connectivity index (χ0n) is 15.9. The summed E-state index contributed by atoms with van der Waals surface area (Å²) < 4.78 is 11.6. The molecule has 0 aromatic heterocycles. The van der Waals surface area contributed by atoms with Crippen LogP contribution in [0.1, 0.15) is 58.8 Å². The summed E-state index contributed by atoms with van der Waals surface area (Å²) >= 11 is 0. The fraction of sp³-hybridized carbons (Fsp3) is 0.947. The number of ether oxygens (including phenoxy) is 2. The summed E-state index contributed by atoms with van der Waals surface area (Å²) in [5.74, 6) is 1.81. The number of hydrogen-bond donors (Lipinski definition) is 2. The van der Waals surface area contributed by atoms with Crippen LogP contribution in [0.25, 0.3) is 0 Å². The van der Waals surface area contributed by atoms with E-state index in [-0.39, 0.29) is 24.0 Å². The van der Waals surface area contributed by atoms with E-state index in [0.717, 1.165) is 57.6 Å². The maximum absolute atomic E-state index is 5.94. The van der Waals surface area contributed by atoms with Gasteiger partial charge in [0.2, 0.25) is 0 Å². The molecule has 0 heterocycles. The van der Waals surface area contributed by atoms with Crippen molar-refractivity contribution in [2.75, 3.05) is 32.9 Å². The van der Waals surface area contributed by atoms with Crippen molar-refractivity contribution in [1.29, 1.82) is 0 Å². The lowest BCUT2D eigenvalue weighted by molar-refractivity contribution is -0.168. The Kier molecular flexibility index (Phi) is 8.75. The van der Waals surface area contributed by atoms with Crippen molar-refractivity contribution in [2.24, 2.45) is 16.3 Å². The fourth-order valence-electron chi connectivity index (χ4n) is 4.02. The van der Waals surface area contributed by atoms with E-state index < -0.39 is 0 Å². The summed E-state index contributed by atoms with van der Waals surface area (Å²) in [6.07, 6.45) is 9.22. The summed E-state index contributed by atoms with van der Waals surface area (Å²) in [6.45, 7) is 8.56. The highest BCUT2D eigenvalue weighted by Gasteiger charge is 2.59. The molecule has 3 fully saturated rings. The van der Waals surface area contributed by atoms with Gasteiger partial charge in [-0.05, 0) is 58.3 Å². The quantitative estimate of drug-likeness (QED) is 0.225. The van der Waals surface area contributed by atoms with Crippen LogP contribution in [0.5, 0.6) is 0 Å². The van der Waals surface area contributed by atoms with Gasteiger partial charge in [0.05, 0.1) is 6.10 Å². The second-order valence-electron chi connectivity index (χ2n) is 7.60. The molecule has 3 aliphatic rings. The molecule has 1 spiro atoms. The second-order valence-corrected chi connectivity index (χ2v) is 7.60. The highest BCUT2D eigenvalue weighted by molar-refractivity contribution is 14.0. The number of hydrogen-bond acceptors (Lipinski definition) is 3. The maximum Gasteiger partial charge on any atom is 0.191 e. The molecule has 0 bridgehead atoms. The van der Waals surface area contributed by atoms with Crippen molar-refractivity contribution in [3.05, 3.63) is 0 Å². The molecule has 25 heavy (non-hydrogen) atoms. The zero-order valence-corrected chi connectivity index (χ0v) is 18.2. The smallest absolute Gasteiger partial charge is 0.191 e. The van der Waals surface area contributed by atoms with Gasteiger partial charge in [-0.3, -0.25) is 4.99 Å². The number of rotatable bonds is 10. The molecular weight excluding hydrogens is 429 g/mol. The first-order valence-electron chi connectivity index (χ1n) is 10.0. The molecule has 3 aliphatic carbocycles.